The zero-order chi connectivity index (χ0) is 18.1. The first-order valence-electron chi connectivity index (χ1n) is 9.83. The fourth-order valence-electron chi connectivity index (χ4n) is 4.44. The summed E-state index contributed by atoms with van der Waals surface area (Å²) in [4.78, 5) is 9.07. The fraction of sp³-hybridized carbons (Fsp3) is 0.650. The Hall–Kier alpha value is -1.95. The van der Waals surface area contributed by atoms with Crippen molar-refractivity contribution in [1.82, 2.24) is 19.7 Å². The highest BCUT2D eigenvalue weighted by Gasteiger charge is 2.33. The maximum Gasteiger partial charge on any atom is 0.132 e. The summed E-state index contributed by atoms with van der Waals surface area (Å²) in [5.74, 6) is 1.47. The predicted octanol–water partition coefficient (Wildman–Crippen LogP) is 3.29. The SMILES string of the molecule is Cc1nn(C)c(C)c1[C@H]1OCC[C@@H]1CNc1ncnc2c1CCCCC2. The Morgan fingerprint density at radius 3 is 2.85 bits per heavy atom. The predicted molar refractivity (Wildman–Crippen MR) is 101 cm³/mol. The second-order valence-electron chi connectivity index (χ2n) is 7.64. The molecule has 2 aromatic rings. The van der Waals surface area contributed by atoms with Crippen LogP contribution >= 0.6 is 0 Å². The van der Waals surface area contributed by atoms with Gasteiger partial charge in [-0.3, -0.25) is 4.68 Å². The van der Waals surface area contributed by atoms with Crippen molar-refractivity contribution >= 4 is 5.82 Å². The first-order valence-corrected chi connectivity index (χ1v) is 9.83. The minimum atomic E-state index is 0.122. The van der Waals surface area contributed by atoms with E-state index in [1.54, 1.807) is 6.33 Å². The third-order valence-corrected chi connectivity index (χ3v) is 5.97. The molecule has 0 spiro atoms. The van der Waals surface area contributed by atoms with Crippen molar-refractivity contribution in [3.63, 3.8) is 0 Å². The summed E-state index contributed by atoms with van der Waals surface area (Å²) in [5, 5.41) is 8.20. The summed E-state index contributed by atoms with van der Waals surface area (Å²) in [6, 6.07) is 0. The molecule has 0 bridgehead atoms. The molecule has 1 saturated heterocycles. The van der Waals surface area contributed by atoms with Gasteiger partial charge in [-0.05, 0) is 46.0 Å². The van der Waals surface area contributed by atoms with Gasteiger partial charge in [0.2, 0.25) is 0 Å². The Balaban J connectivity index is 1.51. The van der Waals surface area contributed by atoms with E-state index in [-0.39, 0.29) is 6.10 Å². The highest BCUT2D eigenvalue weighted by Crippen LogP contribution is 2.38. The molecule has 140 valence electrons. The molecule has 3 heterocycles. The van der Waals surface area contributed by atoms with Crippen LogP contribution in [0.2, 0.25) is 0 Å². The standard InChI is InChI=1S/C20H29N5O/c1-13-18(14(2)25(3)24-13)19-15(9-10-26-19)11-21-20-16-7-5-4-6-8-17(16)22-12-23-20/h12,15,19H,4-11H2,1-3H3,(H,21,22,23)/t15-,19+/m1/s1. The third-order valence-electron chi connectivity index (χ3n) is 5.97. The van der Waals surface area contributed by atoms with Gasteiger partial charge < -0.3 is 10.1 Å². The lowest BCUT2D eigenvalue weighted by molar-refractivity contribution is 0.0922. The van der Waals surface area contributed by atoms with E-state index < -0.39 is 0 Å². The molecular formula is C20H29N5O. The highest BCUT2D eigenvalue weighted by atomic mass is 16.5. The van der Waals surface area contributed by atoms with E-state index in [9.17, 15) is 0 Å². The molecule has 4 rings (SSSR count). The van der Waals surface area contributed by atoms with E-state index in [1.807, 2.05) is 11.7 Å². The second-order valence-corrected chi connectivity index (χ2v) is 7.64. The van der Waals surface area contributed by atoms with E-state index in [1.165, 1.54) is 41.8 Å². The molecule has 0 amide bonds. The summed E-state index contributed by atoms with van der Waals surface area (Å²) >= 11 is 0. The molecule has 0 radical (unpaired) electrons. The molecular weight excluding hydrogens is 326 g/mol. The van der Waals surface area contributed by atoms with Crippen molar-refractivity contribution in [3.05, 3.63) is 34.5 Å². The summed E-state index contributed by atoms with van der Waals surface area (Å²) in [6.45, 7) is 5.90. The first-order chi connectivity index (χ1) is 12.6. The fourth-order valence-corrected chi connectivity index (χ4v) is 4.44. The van der Waals surface area contributed by atoms with Crippen LogP contribution < -0.4 is 5.32 Å². The lowest BCUT2D eigenvalue weighted by atomic mass is 9.94. The molecule has 1 aliphatic carbocycles. The van der Waals surface area contributed by atoms with Gasteiger partial charge in [-0.25, -0.2) is 9.97 Å². The van der Waals surface area contributed by atoms with Crippen molar-refractivity contribution in [2.45, 2.75) is 58.5 Å². The van der Waals surface area contributed by atoms with Crippen LogP contribution in [0, 0.1) is 19.8 Å². The van der Waals surface area contributed by atoms with E-state index in [0.29, 0.717) is 5.92 Å². The first kappa shape index (κ1) is 17.5. The normalized spacial score (nSPS) is 22.9. The van der Waals surface area contributed by atoms with Gasteiger partial charge in [0.15, 0.2) is 0 Å². The highest BCUT2D eigenvalue weighted by molar-refractivity contribution is 5.46. The number of ether oxygens (including phenoxy) is 1. The number of rotatable bonds is 4. The molecule has 2 aromatic heterocycles. The van der Waals surface area contributed by atoms with Gasteiger partial charge in [0, 0.05) is 48.6 Å². The Kier molecular flexibility index (Phi) is 4.94. The monoisotopic (exact) mass is 355 g/mol. The zero-order valence-corrected chi connectivity index (χ0v) is 16.1. The Morgan fingerprint density at radius 1 is 1.19 bits per heavy atom. The van der Waals surface area contributed by atoms with E-state index in [2.05, 4.69) is 34.2 Å². The maximum absolute atomic E-state index is 6.12. The van der Waals surface area contributed by atoms with Gasteiger partial charge >= 0.3 is 0 Å². The largest absolute Gasteiger partial charge is 0.373 e. The van der Waals surface area contributed by atoms with Crippen molar-refractivity contribution in [2.24, 2.45) is 13.0 Å². The Morgan fingerprint density at radius 2 is 2.04 bits per heavy atom. The zero-order valence-electron chi connectivity index (χ0n) is 16.1. The van der Waals surface area contributed by atoms with Gasteiger partial charge in [0.05, 0.1) is 11.8 Å². The Labute approximate surface area is 155 Å². The molecule has 0 unspecified atom stereocenters. The van der Waals surface area contributed by atoms with Crippen LogP contribution in [-0.2, 0) is 24.6 Å². The average molecular weight is 355 g/mol. The van der Waals surface area contributed by atoms with E-state index >= 15 is 0 Å². The van der Waals surface area contributed by atoms with Crippen molar-refractivity contribution in [2.75, 3.05) is 18.5 Å². The van der Waals surface area contributed by atoms with Crippen LogP contribution in [0.25, 0.3) is 0 Å². The lowest BCUT2D eigenvalue weighted by Crippen LogP contribution is -2.20. The van der Waals surface area contributed by atoms with Gasteiger partial charge in [-0.15, -0.1) is 0 Å². The summed E-state index contributed by atoms with van der Waals surface area (Å²) in [5.41, 5.74) is 6.11. The number of hydrogen-bond acceptors (Lipinski definition) is 5. The number of aromatic nitrogens is 4. The van der Waals surface area contributed by atoms with Crippen molar-refractivity contribution in [1.29, 1.82) is 0 Å². The quantitative estimate of drug-likeness (QED) is 0.853. The topological polar surface area (TPSA) is 64.9 Å². The molecule has 2 atom stereocenters. The average Bonchev–Trinajstić information content (AvgIpc) is 3.07. The van der Waals surface area contributed by atoms with Gasteiger partial charge in [0.25, 0.3) is 0 Å². The van der Waals surface area contributed by atoms with Gasteiger partial charge in [0.1, 0.15) is 12.1 Å². The van der Waals surface area contributed by atoms with Crippen LogP contribution in [0.1, 0.15) is 60.0 Å². The number of nitrogens with one attached hydrogen (secondary N) is 1. The minimum Gasteiger partial charge on any atom is -0.373 e. The molecule has 26 heavy (non-hydrogen) atoms. The molecule has 1 N–H and O–H groups in total. The molecule has 6 heteroatoms. The van der Waals surface area contributed by atoms with Crippen LogP contribution in [0.3, 0.4) is 0 Å². The number of hydrogen-bond donors (Lipinski definition) is 1. The summed E-state index contributed by atoms with van der Waals surface area (Å²) in [7, 11) is 2.00. The summed E-state index contributed by atoms with van der Waals surface area (Å²) < 4.78 is 8.08. The van der Waals surface area contributed by atoms with Crippen LogP contribution in [0.4, 0.5) is 5.82 Å². The number of fused-ring (bicyclic) bond motifs is 1. The second kappa shape index (κ2) is 7.35. The number of nitrogens with zero attached hydrogens (tertiary/aromatic N) is 4. The van der Waals surface area contributed by atoms with Gasteiger partial charge in [-0.1, -0.05) is 6.42 Å². The number of anilines is 1. The molecule has 2 aliphatic rings. The molecule has 0 aromatic carbocycles. The lowest BCUT2D eigenvalue weighted by Gasteiger charge is -2.21. The molecule has 0 saturated carbocycles. The molecule has 6 nitrogen and oxygen atoms in total. The number of aryl methyl sites for hydroxylation is 3. The van der Waals surface area contributed by atoms with Crippen molar-refractivity contribution in [3.8, 4) is 0 Å². The minimum absolute atomic E-state index is 0.122. The van der Waals surface area contributed by atoms with E-state index in [0.717, 1.165) is 43.9 Å². The smallest absolute Gasteiger partial charge is 0.132 e. The van der Waals surface area contributed by atoms with E-state index in [4.69, 9.17) is 4.74 Å². The molecule has 1 aliphatic heterocycles. The Bertz CT molecular complexity index is 785. The van der Waals surface area contributed by atoms with Crippen molar-refractivity contribution < 1.29 is 4.74 Å². The van der Waals surface area contributed by atoms with Crippen LogP contribution in [-0.4, -0.2) is 32.9 Å². The maximum atomic E-state index is 6.12. The van der Waals surface area contributed by atoms with Gasteiger partial charge in [-0.2, -0.15) is 5.10 Å². The summed E-state index contributed by atoms with van der Waals surface area (Å²) in [6.07, 6.45) is 8.83. The third kappa shape index (κ3) is 3.22. The van der Waals surface area contributed by atoms with Crippen LogP contribution in [0.15, 0.2) is 6.33 Å². The molecule has 1 fully saturated rings. The van der Waals surface area contributed by atoms with Crippen LogP contribution in [0.5, 0.6) is 0 Å².